The van der Waals surface area contributed by atoms with Crippen molar-refractivity contribution in [2.45, 2.75) is 12.5 Å². The summed E-state index contributed by atoms with van der Waals surface area (Å²) in [6.45, 7) is 0.347. The van der Waals surface area contributed by atoms with Crippen molar-refractivity contribution in [3.05, 3.63) is 74.0 Å². The summed E-state index contributed by atoms with van der Waals surface area (Å²) in [5, 5.41) is 16.2. The van der Waals surface area contributed by atoms with E-state index in [1.54, 1.807) is 20.2 Å². The summed E-state index contributed by atoms with van der Waals surface area (Å²) < 4.78 is 5.84. The highest BCUT2D eigenvalue weighted by molar-refractivity contribution is 5.99. The third kappa shape index (κ3) is 3.36. The third-order valence-corrected chi connectivity index (χ3v) is 5.06. The number of carbonyl (C=O) groups is 1. The summed E-state index contributed by atoms with van der Waals surface area (Å²) in [7, 11) is 3.15. The number of para-hydroxylation sites is 2. The lowest BCUT2D eigenvalue weighted by Gasteiger charge is -2.19. The Hall–Kier alpha value is -3.81. The molecule has 1 amide bonds. The van der Waals surface area contributed by atoms with Crippen LogP contribution in [0.25, 0.3) is 0 Å². The number of hydrogen-bond acceptors (Lipinski definition) is 7. The van der Waals surface area contributed by atoms with Crippen molar-refractivity contribution in [3.63, 3.8) is 0 Å². The predicted octanol–water partition coefficient (Wildman–Crippen LogP) is 1.85. The standard InChI is InChI=1S/C22H21N3O5/c1-25(2)22(29)14-7-5-8-15(19(14)26)24-18-17(20(27)21(18)28)23-11-13-10-12-6-3-4-9-16(12)30-13/h3-9,13,23-24,26H,10-11H2,1-2H3. The molecule has 0 spiro atoms. The second kappa shape index (κ2) is 7.55. The van der Waals surface area contributed by atoms with E-state index in [0.29, 0.717) is 13.0 Å². The van der Waals surface area contributed by atoms with Gasteiger partial charge in [0, 0.05) is 20.5 Å². The lowest BCUT2D eigenvalue weighted by Crippen LogP contribution is -2.38. The monoisotopic (exact) mass is 407 g/mol. The summed E-state index contributed by atoms with van der Waals surface area (Å²) in [5.74, 6) is 0.155. The first-order valence-corrected chi connectivity index (χ1v) is 9.49. The topological polar surface area (TPSA) is 108 Å². The minimum atomic E-state index is -0.683. The molecule has 1 aliphatic rings. The van der Waals surface area contributed by atoms with E-state index in [4.69, 9.17) is 4.74 Å². The van der Waals surface area contributed by atoms with Crippen molar-refractivity contribution < 1.29 is 14.6 Å². The SMILES string of the molecule is CN(C)C(=O)c1cccc(Nc2c(NCC3Cc4ccccc4O3)c(=O)c2=O)c1O. The number of benzene rings is 2. The highest BCUT2D eigenvalue weighted by Crippen LogP contribution is 2.32. The van der Waals surface area contributed by atoms with Crippen LogP contribution in [0, 0.1) is 0 Å². The molecule has 0 aliphatic carbocycles. The van der Waals surface area contributed by atoms with Crippen LogP contribution in [-0.4, -0.2) is 42.7 Å². The Morgan fingerprint density at radius 2 is 1.83 bits per heavy atom. The van der Waals surface area contributed by atoms with Crippen LogP contribution in [0.2, 0.25) is 0 Å². The van der Waals surface area contributed by atoms with Gasteiger partial charge in [-0.05, 0) is 23.8 Å². The van der Waals surface area contributed by atoms with Crippen LogP contribution in [-0.2, 0) is 6.42 Å². The van der Waals surface area contributed by atoms with E-state index in [0.717, 1.165) is 11.3 Å². The maximum Gasteiger partial charge on any atom is 0.257 e. The van der Waals surface area contributed by atoms with Crippen molar-refractivity contribution >= 4 is 23.0 Å². The van der Waals surface area contributed by atoms with Gasteiger partial charge in [0.1, 0.15) is 23.2 Å². The summed E-state index contributed by atoms with van der Waals surface area (Å²) in [6, 6.07) is 12.3. The average molecular weight is 407 g/mol. The molecule has 8 heteroatoms. The molecule has 1 unspecified atom stereocenters. The number of phenolic OH excluding ortho intramolecular Hbond substituents is 1. The summed E-state index contributed by atoms with van der Waals surface area (Å²) >= 11 is 0. The molecule has 154 valence electrons. The van der Waals surface area contributed by atoms with Crippen molar-refractivity contribution in [2.24, 2.45) is 0 Å². The molecule has 0 saturated heterocycles. The average Bonchev–Trinajstić information content (AvgIpc) is 3.16. The van der Waals surface area contributed by atoms with Gasteiger partial charge in [0.2, 0.25) is 0 Å². The highest BCUT2D eigenvalue weighted by Gasteiger charge is 2.26. The third-order valence-electron chi connectivity index (χ3n) is 5.06. The van der Waals surface area contributed by atoms with Gasteiger partial charge in [0.05, 0.1) is 17.8 Å². The van der Waals surface area contributed by atoms with Gasteiger partial charge in [-0.2, -0.15) is 0 Å². The summed E-state index contributed by atoms with van der Waals surface area (Å²) in [4.78, 5) is 37.7. The first kappa shape index (κ1) is 19.5. The smallest absolute Gasteiger partial charge is 0.257 e. The van der Waals surface area contributed by atoms with Gasteiger partial charge in [0.25, 0.3) is 16.8 Å². The maximum absolute atomic E-state index is 12.2. The van der Waals surface area contributed by atoms with Crippen molar-refractivity contribution in [1.29, 1.82) is 0 Å². The number of carbonyl (C=O) groups excluding carboxylic acids is 1. The fourth-order valence-electron chi connectivity index (χ4n) is 3.46. The van der Waals surface area contributed by atoms with Crippen molar-refractivity contribution in [1.82, 2.24) is 4.90 Å². The summed E-state index contributed by atoms with van der Waals surface area (Å²) in [6.07, 6.45) is 0.547. The van der Waals surface area contributed by atoms with E-state index in [1.807, 2.05) is 24.3 Å². The number of anilines is 3. The minimum Gasteiger partial charge on any atom is -0.505 e. The molecular formula is C22H21N3O5. The van der Waals surface area contributed by atoms with Crippen LogP contribution in [0.4, 0.5) is 17.1 Å². The number of nitrogens with one attached hydrogen (secondary N) is 2. The number of rotatable bonds is 6. The van der Waals surface area contributed by atoms with E-state index in [1.165, 1.54) is 17.0 Å². The largest absolute Gasteiger partial charge is 0.505 e. The Morgan fingerprint density at radius 1 is 1.10 bits per heavy atom. The molecule has 0 fully saturated rings. The van der Waals surface area contributed by atoms with E-state index in [2.05, 4.69) is 10.6 Å². The van der Waals surface area contributed by atoms with Gasteiger partial charge < -0.3 is 25.4 Å². The molecule has 0 bridgehead atoms. The van der Waals surface area contributed by atoms with Gasteiger partial charge in [-0.15, -0.1) is 0 Å². The normalized spacial score (nSPS) is 14.8. The number of phenols is 1. The number of nitrogens with zero attached hydrogens (tertiary/aromatic N) is 1. The molecule has 1 atom stereocenters. The molecule has 3 N–H and O–H groups in total. The maximum atomic E-state index is 12.2. The van der Waals surface area contributed by atoms with Crippen LogP contribution in [0.5, 0.6) is 11.5 Å². The van der Waals surface area contributed by atoms with Crippen LogP contribution in [0.3, 0.4) is 0 Å². The van der Waals surface area contributed by atoms with Crippen molar-refractivity contribution in [3.8, 4) is 11.5 Å². The Kier molecular flexibility index (Phi) is 4.91. The van der Waals surface area contributed by atoms with Crippen LogP contribution in [0.15, 0.2) is 52.1 Å². The second-order valence-corrected chi connectivity index (χ2v) is 7.37. The Balaban J connectivity index is 1.49. The van der Waals surface area contributed by atoms with E-state index < -0.39 is 10.9 Å². The first-order chi connectivity index (χ1) is 14.4. The molecule has 3 aromatic rings. The molecule has 0 aromatic heterocycles. The van der Waals surface area contributed by atoms with Gasteiger partial charge >= 0.3 is 0 Å². The van der Waals surface area contributed by atoms with E-state index in [9.17, 15) is 19.5 Å². The van der Waals surface area contributed by atoms with Gasteiger partial charge in [-0.1, -0.05) is 24.3 Å². The van der Waals surface area contributed by atoms with Crippen LogP contribution in [0.1, 0.15) is 15.9 Å². The Morgan fingerprint density at radius 3 is 2.57 bits per heavy atom. The zero-order chi connectivity index (χ0) is 21.4. The number of fused-ring (bicyclic) bond motifs is 1. The number of aromatic hydroxyl groups is 1. The van der Waals surface area contributed by atoms with Gasteiger partial charge in [0.15, 0.2) is 5.75 Å². The molecule has 30 heavy (non-hydrogen) atoms. The molecule has 0 saturated carbocycles. The Bertz CT molecular complexity index is 1170. The number of amides is 1. The summed E-state index contributed by atoms with van der Waals surface area (Å²) in [5.41, 5.74) is 0.242. The lowest BCUT2D eigenvalue weighted by atomic mass is 10.1. The second-order valence-electron chi connectivity index (χ2n) is 7.37. The molecule has 0 radical (unpaired) electrons. The Labute approximate surface area is 172 Å². The minimum absolute atomic E-state index is 0.0558. The zero-order valence-corrected chi connectivity index (χ0v) is 16.6. The first-order valence-electron chi connectivity index (χ1n) is 9.49. The molecule has 1 heterocycles. The molecule has 8 nitrogen and oxygen atoms in total. The van der Waals surface area contributed by atoms with Gasteiger partial charge in [-0.25, -0.2) is 0 Å². The molecular weight excluding hydrogens is 386 g/mol. The van der Waals surface area contributed by atoms with E-state index in [-0.39, 0.29) is 40.4 Å². The number of hydrogen-bond donors (Lipinski definition) is 3. The highest BCUT2D eigenvalue weighted by atomic mass is 16.5. The molecule has 1 aliphatic heterocycles. The van der Waals surface area contributed by atoms with Crippen LogP contribution < -0.4 is 26.2 Å². The van der Waals surface area contributed by atoms with Gasteiger partial charge in [-0.3, -0.25) is 14.4 Å². The quantitative estimate of drug-likeness (QED) is 0.423. The van der Waals surface area contributed by atoms with Crippen molar-refractivity contribution in [2.75, 3.05) is 31.3 Å². The molecule has 3 aromatic carbocycles. The predicted molar refractivity (Wildman–Crippen MR) is 114 cm³/mol. The van der Waals surface area contributed by atoms with E-state index >= 15 is 0 Å². The fourth-order valence-corrected chi connectivity index (χ4v) is 3.46. The van der Waals surface area contributed by atoms with Crippen LogP contribution >= 0.6 is 0 Å². The fraction of sp³-hybridized carbons (Fsp3) is 0.227. The molecule has 4 rings (SSSR count). The zero-order valence-electron chi connectivity index (χ0n) is 16.6. The lowest BCUT2D eigenvalue weighted by molar-refractivity contribution is 0.0824. The number of ether oxygens (including phenoxy) is 1.